The van der Waals surface area contributed by atoms with Gasteiger partial charge in [-0.3, -0.25) is 4.79 Å². The molecule has 3 heteroatoms. The first-order chi connectivity index (χ1) is 5.95. The Hall–Kier alpha value is -0.670. The molecular formula is C10H16O3. The lowest BCUT2D eigenvalue weighted by Gasteiger charge is -2.30. The molecule has 1 rings (SSSR count). The highest BCUT2D eigenvalue weighted by Gasteiger charge is 2.31. The normalized spacial score (nSPS) is 24.5. The highest BCUT2D eigenvalue weighted by molar-refractivity contribution is 5.96. The van der Waals surface area contributed by atoms with Crippen LogP contribution < -0.4 is 0 Å². The van der Waals surface area contributed by atoms with Crippen molar-refractivity contribution in [2.75, 3.05) is 6.61 Å². The monoisotopic (exact) mass is 184 g/mol. The van der Waals surface area contributed by atoms with Gasteiger partial charge in [-0.15, -0.1) is 0 Å². The maximum Gasteiger partial charge on any atom is 0.161 e. The number of allylic oxidation sites excluding steroid dienone is 1. The predicted molar refractivity (Wildman–Crippen MR) is 49.2 cm³/mol. The van der Waals surface area contributed by atoms with E-state index < -0.39 is 5.60 Å². The molecule has 0 saturated heterocycles. The van der Waals surface area contributed by atoms with Crippen LogP contribution in [0.3, 0.4) is 0 Å². The minimum absolute atomic E-state index is 0.0182. The minimum Gasteiger partial charge on any atom is -0.392 e. The van der Waals surface area contributed by atoms with Gasteiger partial charge < -0.3 is 10.2 Å². The standard InChI is InChI=1S/C10H16O3/c1-10(2,13)8-4-3-7(6-11)9(12)5-8/h3,8,11,13H,4-6H2,1-2H3. The summed E-state index contributed by atoms with van der Waals surface area (Å²) in [6.07, 6.45) is 2.75. The zero-order chi connectivity index (χ0) is 10.1. The van der Waals surface area contributed by atoms with Crippen LogP contribution in [0.2, 0.25) is 0 Å². The molecule has 1 aliphatic rings. The highest BCUT2D eigenvalue weighted by atomic mass is 16.3. The third-order valence-corrected chi connectivity index (χ3v) is 2.61. The van der Waals surface area contributed by atoms with E-state index >= 15 is 0 Å². The summed E-state index contributed by atoms with van der Waals surface area (Å²) >= 11 is 0. The maximum atomic E-state index is 11.3. The van der Waals surface area contributed by atoms with Gasteiger partial charge >= 0.3 is 0 Å². The molecular weight excluding hydrogens is 168 g/mol. The lowest BCUT2D eigenvalue weighted by Crippen LogP contribution is -2.34. The molecule has 0 aromatic heterocycles. The lowest BCUT2D eigenvalue weighted by molar-refractivity contribution is -0.119. The smallest absolute Gasteiger partial charge is 0.161 e. The van der Waals surface area contributed by atoms with Crippen molar-refractivity contribution in [3.05, 3.63) is 11.6 Å². The van der Waals surface area contributed by atoms with Gasteiger partial charge in [-0.2, -0.15) is 0 Å². The molecule has 0 spiro atoms. The Balaban J connectivity index is 2.72. The third kappa shape index (κ3) is 2.39. The van der Waals surface area contributed by atoms with Gasteiger partial charge in [0.2, 0.25) is 0 Å². The summed E-state index contributed by atoms with van der Waals surface area (Å²) < 4.78 is 0. The lowest BCUT2D eigenvalue weighted by atomic mass is 9.79. The molecule has 0 fully saturated rings. The van der Waals surface area contributed by atoms with Crippen molar-refractivity contribution in [2.24, 2.45) is 5.92 Å². The van der Waals surface area contributed by atoms with Crippen molar-refractivity contribution in [3.8, 4) is 0 Å². The first-order valence-electron chi connectivity index (χ1n) is 4.50. The Labute approximate surface area is 78.1 Å². The Bertz CT molecular complexity index is 235. The van der Waals surface area contributed by atoms with Gasteiger partial charge in [0.25, 0.3) is 0 Å². The fourth-order valence-electron chi connectivity index (χ4n) is 1.53. The zero-order valence-electron chi connectivity index (χ0n) is 8.08. The first-order valence-corrected chi connectivity index (χ1v) is 4.50. The SMILES string of the molecule is CC(C)(O)C1CC=C(CO)C(=O)C1. The van der Waals surface area contributed by atoms with E-state index in [0.717, 1.165) is 0 Å². The summed E-state index contributed by atoms with van der Waals surface area (Å²) in [4.78, 5) is 11.3. The predicted octanol–water partition coefficient (Wildman–Crippen LogP) is 0.655. The number of Topliss-reactive ketones (excluding diaryl/α,β-unsaturated/α-hetero) is 1. The van der Waals surface area contributed by atoms with Crippen molar-refractivity contribution in [1.29, 1.82) is 0 Å². The van der Waals surface area contributed by atoms with E-state index in [1.165, 1.54) is 0 Å². The number of carbonyl (C=O) groups is 1. The topological polar surface area (TPSA) is 57.5 Å². The average Bonchev–Trinajstić information content (AvgIpc) is 2.02. The van der Waals surface area contributed by atoms with Gasteiger partial charge in [-0.1, -0.05) is 6.08 Å². The molecule has 0 aliphatic heterocycles. The second kappa shape index (κ2) is 3.60. The Kier molecular flexibility index (Phi) is 2.88. The Morgan fingerprint density at radius 2 is 2.23 bits per heavy atom. The zero-order valence-corrected chi connectivity index (χ0v) is 8.08. The van der Waals surface area contributed by atoms with Crippen LogP contribution in [0.25, 0.3) is 0 Å². The maximum absolute atomic E-state index is 11.3. The van der Waals surface area contributed by atoms with Crippen LogP contribution in [0.5, 0.6) is 0 Å². The summed E-state index contributed by atoms with van der Waals surface area (Å²) in [5, 5.41) is 18.5. The summed E-state index contributed by atoms with van der Waals surface area (Å²) in [6.45, 7) is 3.24. The van der Waals surface area contributed by atoms with E-state index in [-0.39, 0.29) is 18.3 Å². The van der Waals surface area contributed by atoms with E-state index in [1.54, 1.807) is 19.9 Å². The van der Waals surface area contributed by atoms with Crippen LogP contribution in [-0.2, 0) is 4.79 Å². The molecule has 0 aromatic rings. The van der Waals surface area contributed by atoms with E-state index in [0.29, 0.717) is 18.4 Å². The Morgan fingerprint density at radius 1 is 1.62 bits per heavy atom. The molecule has 0 saturated carbocycles. The van der Waals surface area contributed by atoms with Gasteiger partial charge in [-0.25, -0.2) is 0 Å². The van der Waals surface area contributed by atoms with Crippen LogP contribution in [0.1, 0.15) is 26.7 Å². The van der Waals surface area contributed by atoms with Crippen molar-refractivity contribution in [2.45, 2.75) is 32.3 Å². The van der Waals surface area contributed by atoms with Gasteiger partial charge in [0.05, 0.1) is 12.2 Å². The van der Waals surface area contributed by atoms with Crippen molar-refractivity contribution < 1.29 is 15.0 Å². The number of hydrogen-bond donors (Lipinski definition) is 2. The summed E-state index contributed by atoms with van der Waals surface area (Å²) in [7, 11) is 0. The van der Waals surface area contributed by atoms with Gasteiger partial charge in [0, 0.05) is 12.0 Å². The van der Waals surface area contributed by atoms with Crippen LogP contribution in [0.4, 0.5) is 0 Å². The molecule has 0 bridgehead atoms. The fourth-order valence-corrected chi connectivity index (χ4v) is 1.53. The minimum atomic E-state index is -0.812. The number of hydrogen-bond acceptors (Lipinski definition) is 3. The number of carbonyl (C=O) groups excluding carboxylic acids is 1. The van der Waals surface area contributed by atoms with E-state index in [1.807, 2.05) is 0 Å². The number of ketones is 1. The van der Waals surface area contributed by atoms with Crippen LogP contribution in [0.15, 0.2) is 11.6 Å². The molecule has 2 N–H and O–H groups in total. The second-order valence-electron chi connectivity index (χ2n) is 4.10. The van der Waals surface area contributed by atoms with Crippen LogP contribution >= 0.6 is 0 Å². The van der Waals surface area contributed by atoms with Crippen LogP contribution in [0, 0.1) is 5.92 Å². The van der Waals surface area contributed by atoms with Crippen molar-refractivity contribution in [1.82, 2.24) is 0 Å². The molecule has 3 nitrogen and oxygen atoms in total. The molecule has 0 aromatic carbocycles. The largest absolute Gasteiger partial charge is 0.392 e. The number of aliphatic hydroxyl groups excluding tert-OH is 1. The van der Waals surface area contributed by atoms with Gasteiger partial charge in [0.1, 0.15) is 0 Å². The van der Waals surface area contributed by atoms with Crippen molar-refractivity contribution >= 4 is 5.78 Å². The highest BCUT2D eigenvalue weighted by Crippen LogP contribution is 2.29. The van der Waals surface area contributed by atoms with Crippen molar-refractivity contribution in [3.63, 3.8) is 0 Å². The molecule has 1 atom stereocenters. The molecule has 1 unspecified atom stereocenters. The second-order valence-corrected chi connectivity index (χ2v) is 4.10. The third-order valence-electron chi connectivity index (χ3n) is 2.61. The van der Waals surface area contributed by atoms with Gasteiger partial charge in [-0.05, 0) is 26.2 Å². The summed E-state index contributed by atoms with van der Waals surface area (Å²) in [6, 6.07) is 0. The Morgan fingerprint density at radius 3 is 2.62 bits per heavy atom. The van der Waals surface area contributed by atoms with E-state index in [4.69, 9.17) is 5.11 Å². The first kappa shape index (κ1) is 10.4. The summed E-state index contributed by atoms with van der Waals surface area (Å²) in [5.74, 6) is -0.0591. The molecule has 74 valence electrons. The fraction of sp³-hybridized carbons (Fsp3) is 0.700. The molecule has 13 heavy (non-hydrogen) atoms. The molecule has 1 aliphatic carbocycles. The average molecular weight is 184 g/mol. The van der Waals surface area contributed by atoms with Crippen LogP contribution in [-0.4, -0.2) is 28.2 Å². The van der Waals surface area contributed by atoms with Gasteiger partial charge in [0.15, 0.2) is 5.78 Å². The number of aliphatic hydroxyl groups is 2. The van der Waals surface area contributed by atoms with E-state index in [9.17, 15) is 9.90 Å². The summed E-state index contributed by atoms with van der Waals surface area (Å²) in [5.41, 5.74) is -0.326. The number of rotatable bonds is 2. The quantitative estimate of drug-likeness (QED) is 0.662. The molecule has 0 heterocycles. The van der Waals surface area contributed by atoms with E-state index in [2.05, 4.69) is 0 Å². The molecule has 0 radical (unpaired) electrons. The molecule has 0 amide bonds.